The van der Waals surface area contributed by atoms with E-state index in [-0.39, 0.29) is 12.5 Å². The number of halogens is 2. The Morgan fingerprint density at radius 3 is 2.46 bits per heavy atom. The molecule has 1 N–H and O–H groups in total. The molecule has 1 amide bonds. The van der Waals surface area contributed by atoms with E-state index in [1.54, 1.807) is 24.4 Å². The van der Waals surface area contributed by atoms with Gasteiger partial charge in [0.15, 0.2) is 6.61 Å². The summed E-state index contributed by atoms with van der Waals surface area (Å²) < 4.78 is 6.14. The molecule has 2 aromatic rings. The van der Waals surface area contributed by atoms with Crippen molar-refractivity contribution in [3.05, 3.63) is 57.5 Å². The molecule has 0 aliphatic carbocycles. The zero-order chi connectivity index (χ0) is 20.4. The van der Waals surface area contributed by atoms with Crippen molar-refractivity contribution in [3.63, 3.8) is 0 Å². The molecule has 0 fully saturated rings. The average Bonchev–Trinajstić information content (AvgIpc) is 2.68. The number of ether oxygens (including phenoxy) is 1. The molecular weight excluding hydrogens is 442 g/mol. The molecule has 0 heterocycles. The first-order chi connectivity index (χ1) is 13.5. The fraction of sp³-hybridized carbons (Fsp3) is 0.333. The van der Waals surface area contributed by atoms with Crippen molar-refractivity contribution < 1.29 is 9.53 Å². The summed E-state index contributed by atoms with van der Waals surface area (Å²) in [6.45, 7) is 6.31. The van der Waals surface area contributed by atoms with Crippen LogP contribution in [0.15, 0.2) is 52.0 Å². The van der Waals surface area contributed by atoms with Gasteiger partial charge in [-0.25, -0.2) is 5.43 Å². The van der Waals surface area contributed by atoms with E-state index in [1.165, 1.54) is 5.69 Å². The first-order valence-electron chi connectivity index (χ1n) is 9.28. The standard InChI is InChI=1S/C21H25BrClN3O2/c1-3-11-26(12-4-2)18-8-5-16(6-9-18)14-24-25-21(27)15-28-20-10-7-17(23)13-19(20)22/h5-10,13-14H,3-4,11-12,15H2,1-2H3,(H,25,27)/b24-14+. The molecule has 28 heavy (non-hydrogen) atoms. The molecule has 0 spiro atoms. The predicted molar refractivity (Wildman–Crippen MR) is 120 cm³/mol. The number of nitrogens with zero attached hydrogens (tertiary/aromatic N) is 2. The number of hydrazone groups is 1. The Morgan fingerprint density at radius 2 is 1.86 bits per heavy atom. The van der Waals surface area contributed by atoms with Gasteiger partial charge in [-0.2, -0.15) is 5.10 Å². The first-order valence-corrected chi connectivity index (χ1v) is 10.4. The Bertz CT molecular complexity index is 791. The first kappa shape index (κ1) is 22.2. The second-order valence-electron chi connectivity index (χ2n) is 6.24. The highest BCUT2D eigenvalue weighted by Gasteiger charge is 2.06. The van der Waals surface area contributed by atoms with E-state index >= 15 is 0 Å². The summed E-state index contributed by atoms with van der Waals surface area (Å²) in [5, 5.41) is 4.58. The van der Waals surface area contributed by atoms with Crippen LogP contribution in [0.4, 0.5) is 5.69 Å². The van der Waals surface area contributed by atoms with Crippen LogP contribution in [0.2, 0.25) is 5.02 Å². The van der Waals surface area contributed by atoms with E-state index in [0.29, 0.717) is 15.2 Å². The van der Waals surface area contributed by atoms with Crippen molar-refractivity contribution in [1.29, 1.82) is 0 Å². The van der Waals surface area contributed by atoms with Gasteiger partial charge in [-0.05, 0) is 64.7 Å². The molecule has 0 atom stereocenters. The van der Waals surface area contributed by atoms with Crippen molar-refractivity contribution in [2.24, 2.45) is 5.10 Å². The van der Waals surface area contributed by atoms with Gasteiger partial charge in [0.05, 0.1) is 10.7 Å². The van der Waals surface area contributed by atoms with Gasteiger partial charge in [0.2, 0.25) is 0 Å². The highest BCUT2D eigenvalue weighted by Crippen LogP contribution is 2.27. The SMILES string of the molecule is CCCN(CCC)c1ccc(/C=N/NC(=O)COc2ccc(Cl)cc2Br)cc1. The Kier molecular flexibility index (Phi) is 9.31. The van der Waals surface area contributed by atoms with Gasteiger partial charge >= 0.3 is 0 Å². The monoisotopic (exact) mass is 465 g/mol. The van der Waals surface area contributed by atoms with Gasteiger partial charge in [0.25, 0.3) is 5.91 Å². The quantitative estimate of drug-likeness (QED) is 0.384. The van der Waals surface area contributed by atoms with Gasteiger partial charge in [0.1, 0.15) is 5.75 Å². The Morgan fingerprint density at radius 1 is 1.18 bits per heavy atom. The third-order valence-corrected chi connectivity index (χ3v) is 4.76. The van der Waals surface area contributed by atoms with Crippen LogP contribution in [0.5, 0.6) is 5.75 Å². The summed E-state index contributed by atoms with van der Waals surface area (Å²) in [6, 6.07) is 13.2. The van der Waals surface area contributed by atoms with Crippen molar-refractivity contribution in [1.82, 2.24) is 5.43 Å². The molecule has 2 rings (SSSR count). The van der Waals surface area contributed by atoms with Crippen LogP contribution < -0.4 is 15.1 Å². The lowest BCUT2D eigenvalue weighted by atomic mass is 10.2. The number of rotatable bonds is 10. The van der Waals surface area contributed by atoms with Crippen LogP contribution >= 0.6 is 27.5 Å². The maximum absolute atomic E-state index is 11.9. The van der Waals surface area contributed by atoms with Gasteiger partial charge in [0, 0.05) is 23.8 Å². The van der Waals surface area contributed by atoms with Crippen molar-refractivity contribution in [2.45, 2.75) is 26.7 Å². The number of anilines is 1. The molecule has 0 saturated heterocycles. The van der Waals surface area contributed by atoms with E-state index in [4.69, 9.17) is 16.3 Å². The van der Waals surface area contributed by atoms with E-state index in [0.717, 1.165) is 31.5 Å². The molecule has 0 bridgehead atoms. The molecule has 0 saturated carbocycles. The fourth-order valence-electron chi connectivity index (χ4n) is 2.63. The summed E-state index contributed by atoms with van der Waals surface area (Å²) in [5.74, 6) is 0.203. The van der Waals surface area contributed by atoms with Crippen LogP contribution in [-0.2, 0) is 4.79 Å². The van der Waals surface area contributed by atoms with Gasteiger partial charge in [-0.1, -0.05) is 37.6 Å². The van der Waals surface area contributed by atoms with E-state index in [2.05, 4.69) is 57.3 Å². The normalized spacial score (nSPS) is 10.9. The number of nitrogens with one attached hydrogen (secondary N) is 1. The van der Waals surface area contributed by atoms with E-state index in [9.17, 15) is 4.79 Å². The Labute approximate surface area is 179 Å². The van der Waals surface area contributed by atoms with Crippen LogP contribution in [0.1, 0.15) is 32.3 Å². The summed E-state index contributed by atoms with van der Waals surface area (Å²) in [5.41, 5.74) is 4.58. The number of carbonyl (C=O) groups is 1. The van der Waals surface area contributed by atoms with Crippen molar-refractivity contribution >= 4 is 45.3 Å². The highest BCUT2D eigenvalue weighted by molar-refractivity contribution is 9.10. The third kappa shape index (κ3) is 7.17. The van der Waals surface area contributed by atoms with Gasteiger partial charge < -0.3 is 9.64 Å². The highest BCUT2D eigenvalue weighted by atomic mass is 79.9. The molecule has 150 valence electrons. The minimum Gasteiger partial charge on any atom is -0.483 e. The van der Waals surface area contributed by atoms with Crippen molar-refractivity contribution in [2.75, 3.05) is 24.6 Å². The van der Waals surface area contributed by atoms with E-state index < -0.39 is 0 Å². The van der Waals surface area contributed by atoms with Gasteiger partial charge in [-0.3, -0.25) is 4.79 Å². The molecule has 0 aliphatic rings. The number of hydrogen-bond acceptors (Lipinski definition) is 4. The zero-order valence-electron chi connectivity index (χ0n) is 16.1. The third-order valence-electron chi connectivity index (χ3n) is 3.90. The van der Waals surface area contributed by atoms with Crippen molar-refractivity contribution in [3.8, 4) is 5.75 Å². The summed E-state index contributed by atoms with van der Waals surface area (Å²) in [7, 11) is 0. The molecule has 7 heteroatoms. The molecule has 0 aliphatic heterocycles. The predicted octanol–water partition coefficient (Wildman–Crippen LogP) is 5.26. The smallest absolute Gasteiger partial charge is 0.277 e. The topological polar surface area (TPSA) is 53.9 Å². The summed E-state index contributed by atoms with van der Waals surface area (Å²) in [6.07, 6.45) is 3.84. The number of carbonyl (C=O) groups excluding carboxylic acids is 1. The Balaban J connectivity index is 1.83. The molecule has 0 aromatic heterocycles. The minimum absolute atomic E-state index is 0.139. The Hall–Kier alpha value is -2.05. The summed E-state index contributed by atoms with van der Waals surface area (Å²) >= 11 is 9.22. The lowest BCUT2D eigenvalue weighted by molar-refractivity contribution is -0.123. The van der Waals surface area contributed by atoms with Crippen LogP contribution in [0.3, 0.4) is 0 Å². The van der Waals surface area contributed by atoms with Crippen LogP contribution in [-0.4, -0.2) is 31.8 Å². The average molecular weight is 467 g/mol. The van der Waals surface area contributed by atoms with Crippen LogP contribution in [0.25, 0.3) is 0 Å². The molecule has 0 unspecified atom stereocenters. The molecular formula is C21H25BrClN3O2. The molecule has 2 aromatic carbocycles. The van der Waals surface area contributed by atoms with Crippen LogP contribution in [0, 0.1) is 0 Å². The number of benzene rings is 2. The maximum Gasteiger partial charge on any atom is 0.277 e. The second-order valence-corrected chi connectivity index (χ2v) is 7.53. The minimum atomic E-state index is -0.341. The van der Waals surface area contributed by atoms with Gasteiger partial charge in [-0.15, -0.1) is 0 Å². The number of amides is 1. The molecule has 5 nitrogen and oxygen atoms in total. The van der Waals surface area contributed by atoms with E-state index in [1.807, 2.05) is 12.1 Å². The molecule has 0 radical (unpaired) electrons. The fourth-order valence-corrected chi connectivity index (χ4v) is 3.42. The number of hydrogen-bond donors (Lipinski definition) is 1. The second kappa shape index (κ2) is 11.7. The zero-order valence-corrected chi connectivity index (χ0v) is 18.5. The summed E-state index contributed by atoms with van der Waals surface area (Å²) in [4.78, 5) is 14.2. The lowest BCUT2D eigenvalue weighted by Crippen LogP contribution is -2.25. The largest absolute Gasteiger partial charge is 0.483 e. The lowest BCUT2D eigenvalue weighted by Gasteiger charge is -2.23. The maximum atomic E-state index is 11.9.